The summed E-state index contributed by atoms with van der Waals surface area (Å²) in [5.41, 5.74) is 1.81. The van der Waals surface area contributed by atoms with Crippen molar-refractivity contribution < 1.29 is 14.6 Å². The zero-order valence-corrected chi connectivity index (χ0v) is 12.0. The van der Waals surface area contributed by atoms with Crippen LogP contribution in [0.1, 0.15) is 18.6 Å². The molecule has 0 aliphatic heterocycles. The van der Waals surface area contributed by atoms with E-state index in [0.29, 0.717) is 22.7 Å². The van der Waals surface area contributed by atoms with Gasteiger partial charge in [-0.2, -0.15) is 0 Å². The Hall–Kier alpha value is -2.53. The smallest absolute Gasteiger partial charge is 0.323 e. The molecule has 0 fully saturated rings. The molecule has 0 aliphatic rings. The summed E-state index contributed by atoms with van der Waals surface area (Å²) in [7, 11) is 1.54. The number of nitrogens with one attached hydrogen (secondary N) is 2. The lowest BCUT2D eigenvalue weighted by Gasteiger charge is -2.14. The van der Waals surface area contributed by atoms with E-state index in [2.05, 4.69) is 10.6 Å². The summed E-state index contributed by atoms with van der Waals surface area (Å²) < 4.78 is 5.18. The number of urea groups is 1. The molecule has 2 amide bonds. The maximum atomic E-state index is 12.1. The molecule has 2 aromatic carbocycles. The molecule has 0 heterocycles. The van der Waals surface area contributed by atoms with Crippen molar-refractivity contribution in [1.29, 1.82) is 0 Å². The molecule has 0 radical (unpaired) electrons. The van der Waals surface area contributed by atoms with Gasteiger partial charge in [-0.1, -0.05) is 30.3 Å². The van der Waals surface area contributed by atoms with E-state index >= 15 is 0 Å². The third kappa shape index (κ3) is 3.73. The van der Waals surface area contributed by atoms with Crippen LogP contribution in [-0.4, -0.2) is 18.2 Å². The third-order valence-corrected chi connectivity index (χ3v) is 3.01. The Morgan fingerprint density at radius 1 is 1.05 bits per heavy atom. The number of methoxy groups -OCH3 is 1. The summed E-state index contributed by atoms with van der Waals surface area (Å²) in [6.45, 7) is 1.65. The SMILES string of the molecule is COc1ccccc1NC(=O)Nc1ccccc1C(C)O. The van der Waals surface area contributed by atoms with E-state index in [-0.39, 0.29) is 0 Å². The van der Waals surface area contributed by atoms with Crippen LogP contribution in [0.15, 0.2) is 48.5 Å². The van der Waals surface area contributed by atoms with Gasteiger partial charge in [-0.25, -0.2) is 4.79 Å². The van der Waals surface area contributed by atoms with Crippen LogP contribution in [0.25, 0.3) is 0 Å². The molecule has 2 aromatic rings. The van der Waals surface area contributed by atoms with Crippen LogP contribution >= 0.6 is 0 Å². The first-order valence-electron chi connectivity index (χ1n) is 6.60. The Labute approximate surface area is 123 Å². The van der Waals surface area contributed by atoms with E-state index in [4.69, 9.17) is 4.74 Å². The molecule has 0 bridgehead atoms. The van der Waals surface area contributed by atoms with Crippen molar-refractivity contribution >= 4 is 17.4 Å². The zero-order valence-electron chi connectivity index (χ0n) is 12.0. The quantitative estimate of drug-likeness (QED) is 0.806. The highest BCUT2D eigenvalue weighted by Gasteiger charge is 2.11. The van der Waals surface area contributed by atoms with E-state index in [9.17, 15) is 9.90 Å². The third-order valence-electron chi connectivity index (χ3n) is 3.01. The van der Waals surface area contributed by atoms with Gasteiger partial charge in [0.15, 0.2) is 0 Å². The van der Waals surface area contributed by atoms with E-state index < -0.39 is 12.1 Å². The van der Waals surface area contributed by atoms with Crippen molar-refractivity contribution in [3.05, 3.63) is 54.1 Å². The molecule has 0 saturated carbocycles. The predicted octanol–water partition coefficient (Wildman–Crippen LogP) is 3.39. The second kappa shape index (κ2) is 6.76. The number of aliphatic hydroxyl groups is 1. The maximum absolute atomic E-state index is 12.1. The van der Waals surface area contributed by atoms with Crippen molar-refractivity contribution in [2.24, 2.45) is 0 Å². The second-order valence-electron chi connectivity index (χ2n) is 4.54. The second-order valence-corrected chi connectivity index (χ2v) is 4.54. The molecular weight excluding hydrogens is 268 g/mol. The van der Waals surface area contributed by atoms with Crippen molar-refractivity contribution in [1.82, 2.24) is 0 Å². The number of hydrogen-bond donors (Lipinski definition) is 3. The van der Waals surface area contributed by atoms with Crippen LogP contribution in [0.4, 0.5) is 16.2 Å². The summed E-state index contributed by atoms with van der Waals surface area (Å²) in [6, 6.07) is 13.9. The summed E-state index contributed by atoms with van der Waals surface area (Å²) in [6.07, 6.45) is -0.659. The largest absolute Gasteiger partial charge is 0.495 e. The number of hydrogen-bond acceptors (Lipinski definition) is 3. The summed E-state index contributed by atoms with van der Waals surface area (Å²) in [5.74, 6) is 0.580. The van der Waals surface area contributed by atoms with Crippen molar-refractivity contribution in [2.45, 2.75) is 13.0 Å². The molecule has 1 unspecified atom stereocenters. The highest BCUT2D eigenvalue weighted by Crippen LogP contribution is 2.25. The van der Waals surface area contributed by atoms with Gasteiger partial charge in [0.1, 0.15) is 5.75 Å². The van der Waals surface area contributed by atoms with Crippen LogP contribution in [-0.2, 0) is 0 Å². The van der Waals surface area contributed by atoms with Crippen LogP contribution in [0.5, 0.6) is 5.75 Å². The molecular formula is C16H18N2O3. The minimum absolute atomic E-state index is 0.396. The average molecular weight is 286 g/mol. The molecule has 3 N–H and O–H groups in total. The fourth-order valence-electron chi connectivity index (χ4n) is 2.00. The van der Waals surface area contributed by atoms with Gasteiger partial charge in [0.25, 0.3) is 0 Å². The van der Waals surface area contributed by atoms with Gasteiger partial charge in [-0.3, -0.25) is 0 Å². The lowest BCUT2D eigenvalue weighted by atomic mass is 10.1. The summed E-state index contributed by atoms with van der Waals surface area (Å²) >= 11 is 0. The maximum Gasteiger partial charge on any atom is 0.323 e. The van der Waals surface area contributed by atoms with E-state index in [1.807, 2.05) is 18.2 Å². The van der Waals surface area contributed by atoms with Crippen molar-refractivity contribution in [3.63, 3.8) is 0 Å². The number of rotatable bonds is 4. The molecule has 5 heteroatoms. The molecule has 2 rings (SSSR count). The molecule has 5 nitrogen and oxygen atoms in total. The molecule has 21 heavy (non-hydrogen) atoms. The number of aliphatic hydroxyl groups excluding tert-OH is 1. The van der Waals surface area contributed by atoms with Gasteiger partial charge in [-0.15, -0.1) is 0 Å². The molecule has 0 aromatic heterocycles. The van der Waals surface area contributed by atoms with Gasteiger partial charge in [-0.05, 0) is 25.1 Å². The monoisotopic (exact) mass is 286 g/mol. The number of carbonyl (C=O) groups excluding carboxylic acids is 1. The van der Waals surface area contributed by atoms with Gasteiger partial charge < -0.3 is 20.5 Å². The Kier molecular flexibility index (Phi) is 4.79. The highest BCUT2D eigenvalue weighted by atomic mass is 16.5. The number of benzene rings is 2. The number of ether oxygens (including phenoxy) is 1. The van der Waals surface area contributed by atoms with Crippen LogP contribution in [0.2, 0.25) is 0 Å². The lowest BCUT2D eigenvalue weighted by molar-refractivity contribution is 0.200. The first-order chi connectivity index (χ1) is 10.1. The molecule has 0 spiro atoms. The Morgan fingerprint density at radius 2 is 1.62 bits per heavy atom. The fraction of sp³-hybridized carbons (Fsp3) is 0.188. The summed E-state index contributed by atoms with van der Waals surface area (Å²) in [4.78, 5) is 12.1. The number of carbonyl (C=O) groups is 1. The fourth-order valence-corrected chi connectivity index (χ4v) is 2.00. The first kappa shape index (κ1) is 14.9. The minimum atomic E-state index is -0.659. The standard InChI is InChI=1S/C16H18N2O3/c1-11(19)12-7-3-4-8-13(12)17-16(20)18-14-9-5-6-10-15(14)21-2/h3-11,19H,1-2H3,(H2,17,18,20). The average Bonchev–Trinajstić information content (AvgIpc) is 2.48. The lowest BCUT2D eigenvalue weighted by Crippen LogP contribution is -2.20. The normalized spacial score (nSPS) is 11.6. The van der Waals surface area contributed by atoms with E-state index in [0.717, 1.165) is 0 Å². The zero-order chi connectivity index (χ0) is 15.2. The van der Waals surface area contributed by atoms with Crippen LogP contribution in [0.3, 0.4) is 0 Å². The highest BCUT2D eigenvalue weighted by molar-refractivity contribution is 6.01. The van der Waals surface area contributed by atoms with Crippen LogP contribution < -0.4 is 15.4 Å². The van der Waals surface area contributed by atoms with Crippen molar-refractivity contribution in [3.8, 4) is 5.75 Å². The Morgan fingerprint density at radius 3 is 2.29 bits per heavy atom. The Bertz CT molecular complexity index is 626. The van der Waals surface area contributed by atoms with Gasteiger partial charge in [0.2, 0.25) is 0 Å². The Balaban J connectivity index is 2.12. The number of amides is 2. The van der Waals surface area contributed by atoms with Gasteiger partial charge in [0, 0.05) is 11.3 Å². The van der Waals surface area contributed by atoms with Gasteiger partial charge in [0.05, 0.1) is 18.9 Å². The minimum Gasteiger partial charge on any atom is -0.495 e. The number of para-hydroxylation sites is 3. The van der Waals surface area contributed by atoms with E-state index in [1.165, 1.54) is 0 Å². The van der Waals surface area contributed by atoms with Crippen molar-refractivity contribution in [2.75, 3.05) is 17.7 Å². The first-order valence-corrected chi connectivity index (χ1v) is 6.60. The van der Waals surface area contributed by atoms with Gasteiger partial charge >= 0.3 is 6.03 Å². The summed E-state index contributed by atoms with van der Waals surface area (Å²) in [5, 5.41) is 15.1. The predicted molar refractivity (Wildman–Crippen MR) is 82.7 cm³/mol. The molecule has 110 valence electrons. The number of anilines is 2. The van der Waals surface area contributed by atoms with E-state index in [1.54, 1.807) is 44.4 Å². The van der Waals surface area contributed by atoms with Crippen LogP contribution in [0, 0.1) is 0 Å². The molecule has 0 saturated heterocycles. The molecule has 1 atom stereocenters. The molecule has 0 aliphatic carbocycles. The topological polar surface area (TPSA) is 70.6 Å².